The second-order valence-electron chi connectivity index (χ2n) is 5.18. The van der Waals surface area contributed by atoms with Gasteiger partial charge in [0.1, 0.15) is 23.1 Å². The number of esters is 1. The number of ether oxygens (including phenoxy) is 2. The average molecular weight is 381 g/mol. The van der Waals surface area contributed by atoms with Crippen LogP contribution in [0.15, 0.2) is 47.4 Å². The van der Waals surface area contributed by atoms with Crippen molar-refractivity contribution in [2.24, 2.45) is 0 Å². The SMILES string of the molecule is COc1ccc(SCC(=O)O[C@H](C)C(=O)Nc2c(F)cccc2F)cc1. The van der Waals surface area contributed by atoms with Crippen molar-refractivity contribution >= 4 is 29.3 Å². The molecular formula is C18H17F2NO4S. The molecule has 26 heavy (non-hydrogen) atoms. The van der Waals surface area contributed by atoms with Crippen LogP contribution in [0.3, 0.4) is 0 Å². The Morgan fingerprint density at radius 2 is 1.73 bits per heavy atom. The smallest absolute Gasteiger partial charge is 0.317 e. The Bertz CT molecular complexity index is 763. The van der Waals surface area contributed by atoms with Crippen molar-refractivity contribution in [2.45, 2.75) is 17.9 Å². The van der Waals surface area contributed by atoms with E-state index in [9.17, 15) is 18.4 Å². The van der Waals surface area contributed by atoms with Gasteiger partial charge in [-0.1, -0.05) is 6.07 Å². The molecule has 0 aliphatic carbocycles. The van der Waals surface area contributed by atoms with Crippen molar-refractivity contribution in [3.05, 3.63) is 54.1 Å². The summed E-state index contributed by atoms with van der Waals surface area (Å²) in [5.74, 6) is -2.58. The van der Waals surface area contributed by atoms with Crippen LogP contribution in [0.4, 0.5) is 14.5 Å². The first-order valence-corrected chi connectivity index (χ1v) is 8.60. The molecule has 0 saturated heterocycles. The van der Waals surface area contributed by atoms with Gasteiger partial charge in [-0.05, 0) is 43.3 Å². The van der Waals surface area contributed by atoms with Gasteiger partial charge in [0.2, 0.25) is 0 Å². The van der Waals surface area contributed by atoms with Crippen LogP contribution < -0.4 is 10.1 Å². The Kier molecular flexibility index (Phi) is 6.97. The van der Waals surface area contributed by atoms with Gasteiger partial charge in [-0.25, -0.2) is 8.78 Å². The minimum absolute atomic E-state index is 0.0159. The van der Waals surface area contributed by atoms with Gasteiger partial charge < -0.3 is 14.8 Å². The van der Waals surface area contributed by atoms with Crippen LogP contribution in [0.2, 0.25) is 0 Å². The van der Waals surface area contributed by atoms with Crippen LogP contribution in [0, 0.1) is 11.6 Å². The maximum Gasteiger partial charge on any atom is 0.317 e. The first kappa shape index (κ1) is 19.7. The predicted octanol–water partition coefficient (Wildman–Crippen LogP) is 3.64. The lowest BCUT2D eigenvalue weighted by molar-refractivity contribution is -0.150. The van der Waals surface area contributed by atoms with E-state index < -0.39 is 35.3 Å². The Hall–Kier alpha value is -2.61. The number of anilines is 1. The van der Waals surface area contributed by atoms with Crippen LogP contribution in [-0.2, 0) is 14.3 Å². The van der Waals surface area contributed by atoms with Crippen LogP contribution in [-0.4, -0.2) is 30.8 Å². The topological polar surface area (TPSA) is 64.6 Å². The van der Waals surface area contributed by atoms with Crippen molar-refractivity contribution in [1.82, 2.24) is 0 Å². The third-order valence-electron chi connectivity index (χ3n) is 3.30. The number of carbonyl (C=O) groups excluding carboxylic acids is 2. The van der Waals surface area contributed by atoms with E-state index in [1.54, 1.807) is 31.4 Å². The number of nitrogens with one attached hydrogen (secondary N) is 1. The van der Waals surface area contributed by atoms with Crippen molar-refractivity contribution in [3.8, 4) is 5.75 Å². The third kappa shape index (κ3) is 5.45. The number of carbonyl (C=O) groups is 2. The van der Waals surface area contributed by atoms with Gasteiger partial charge >= 0.3 is 5.97 Å². The minimum Gasteiger partial charge on any atom is -0.497 e. The monoisotopic (exact) mass is 381 g/mol. The third-order valence-corrected chi connectivity index (χ3v) is 4.29. The van der Waals surface area contributed by atoms with Crippen LogP contribution in [0.25, 0.3) is 0 Å². The molecule has 0 saturated carbocycles. The Morgan fingerprint density at radius 3 is 2.31 bits per heavy atom. The molecule has 2 aromatic rings. The predicted molar refractivity (Wildman–Crippen MR) is 94.3 cm³/mol. The summed E-state index contributed by atoms with van der Waals surface area (Å²) in [5, 5.41) is 2.08. The van der Waals surface area contributed by atoms with Gasteiger partial charge in [0.15, 0.2) is 6.10 Å². The molecule has 0 spiro atoms. The molecule has 8 heteroatoms. The van der Waals surface area contributed by atoms with Gasteiger partial charge in [-0.15, -0.1) is 11.8 Å². The molecule has 1 atom stereocenters. The summed E-state index contributed by atoms with van der Waals surface area (Å²) >= 11 is 1.23. The Morgan fingerprint density at radius 1 is 1.12 bits per heavy atom. The van der Waals surface area contributed by atoms with Crippen molar-refractivity contribution in [2.75, 3.05) is 18.2 Å². The highest BCUT2D eigenvalue weighted by Gasteiger charge is 2.20. The molecule has 1 amide bonds. The number of hydrogen-bond donors (Lipinski definition) is 1. The van der Waals surface area contributed by atoms with Crippen LogP contribution in [0.5, 0.6) is 5.75 Å². The van der Waals surface area contributed by atoms with Crippen molar-refractivity contribution < 1.29 is 27.8 Å². The van der Waals surface area contributed by atoms with E-state index in [2.05, 4.69) is 5.32 Å². The molecule has 0 aliphatic heterocycles. The molecule has 5 nitrogen and oxygen atoms in total. The standard InChI is InChI=1S/C18H17F2NO4S/c1-11(18(23)21-17-14(19)4-3-5-15(17)20)25-16(22)10-26-13-8-6-12(24-2)7-9-13/h3-9,11H,10H2,1-2H3,(H,21,23)/t11-/m1/s1. The second kappa shape index (κ2) is 9.19. The van der Waals surface area contributed by atoms with Crippen LogP contribution >= 0.6 is 11.8 Å². The largest absolute Gasteiger partial charge is 0.497 e. The summed E-state index contributed by atoms with van der Waals surface area (Å²) in [6.07, 6.45) is -1.20. The number of thioether (sulfide) groups is 1. The van der Waals surface area contributed by atoms with E-state index >= 15 is 0 Å². The number of rotatable bonds is 7. The summed E-state index contributed by atoms with van der Waals surface area (Å²) in [7, 11) is 1.55. The number of amides is 1. The summed E-state index contributed by atoms with van der Waals surface area (Å²) in [6, 6.07) is 10.3. The highest BCUT2D eigenvalue weighted by molar-refractivity contribution is 8.00. The molecule has 1 N–H and O–H groups in total. The minimum atomic E-state index is -1.20. The van der Waals surface area contributed by atoms with E-state index in [0.29, 0.717) is 5.75 Å². The average Bonchev–Trinajstić information content (AvgIpc) is 2.63. The van der Waals surface area contributed by atoms with Gasteiger partial charge in [0.05, 0.1) is 12.9 Å². The lowest BCUT2D eigenvalue weighted by Crippen LogP contribution is -2.31. The van der Waals surface area contributed by atoms with Gasteiger partial charge in [0.25, 0.3) is 5.91 Å². The number of hydrogen-bond acceptors (Lipinski definition) is 5. The quantitative estimate of drug-likeness (QED) is 0.586. The summed E-state index contributed by atoms with van der Waals surface area (Å²) in [6.45, 7) is 1.32. The fourth-order valence-corrected chi connectivity index (χ4v) is 2.62. The lowest BCUT2D eigenvalue weighted by atomic mass is 10.2. The van der Waals surface area contributed by atoms with E-state index in [1.807, 2.05) is 0 Å². The number of para-hydroxylation sites is 1. The zero-order valence-corrected chi connectivity index (χ0v) is 14.9. The summed E-state index contributed by atoms with van der Waals surface area (Å²) in [5.41, 5.74) is -0.576. The molecule has 2 aromatic carbocycles. The number of methoxy groups -OCH3 is 1. The van der Waals surface area contributed by atoms with Crippen LogP contribution in [0.1, 0.15) is 6.92 Å². The maximum absolute atomic E-state index is 13.5. The fourth-order valence-electron chi connectivity index (χ4n) is 1.94. The van der Waals surface area contributed by atoms with Gasteiger partial charge in [0, 0.05) is 4.90 Å². The molecule has 2 rings (SSSR count). The molecule has 0 bridgehead atoms. The highest BCUT2D eigenvalue weighted by atomic mass is 32.2. The summed E-state index contributed by atoms with van der Waals surface area (Å²) in [4.78, 5) is 24.6. The van der Waals surface area contributed by atoms with E-state index in [1.165, 1.54) is 24.8 Å². The van der Waals surface area contributed by atoms with E-state index in [-0.39, 0.29) is 5.75 Å². The maximum atomic E-state index is 13.5. The normalized spacial score (nSPS) is 11.5. The molecular weight excluding hydrogens is 364 g/mol. The molecule has 0 aromatic heterocycles. The molecule has 0 fully saturated rings. The number of benzene rings is 2. The zero-order valence-electron chi connectivity index (χ0n) is 14.1. The molecule has 138 valence electrons. The molecule has 0 radical (unpaired) electrons. The summed E-state index contributed by atoms with van der Waals surface area (Å²) < 4.78 is 37.1. The Labute approximate surface area is 153 Å². The number of halogens is 2. The van der Waals surface area contributed by atoms with Gasteiger partial charge in [-0.2, -0.15) is 0 Å². The Balaban J connectivity index is 1.84. The first-order chi connectivity index (χ1) is 12.4. The molecule has 0 unspecified atom stereocenters. The van der Waals surface area contributed by atoms with E-state index in [4.69, 9.17) is 9.47 Å². The first-order valence-electron chi connectivity index (χ1n) is 7.62. The van der Waals surface area contributed by atoms with Crippen molar-refractivity contribution in [1.29, 1.82) is 0 Å². The zero-order chi connectivity index (χ0) is 19.1. The molecule has 0 heterocycles. The van der Waals surface area contributed by atoms with Gasteiger partial charge in [-0.3, -0.25) is 9.59 Å². The second-order valence-corrected chi connectivity index (χ2v) is 6.23. The fraction of sp³-hybridized carbons (Fsp3) is 0.222. The highest BCUT2D eigenvalue weighted by Crippen LogP contribution is 2.22. The van der Waals surface area contributed by atoms with E-state index in [0.717, 1.165) is 17.0 Å². The van der Waals surface area contributed by atoms with Crippen molar-refractivity contribution in [3.63, 3.8) is 0 Å². The lowest BCUT2D eigenvalue weighted by Gasteiger charge is -2.14. The molecule has 0 aliphatic rings.